The summed E-state index contributed by atoms with van der Waals surface area (Å²) in [5, 5.41) is 3.24. The van der Waals surface area contributed by atoms with Gasteiger partial charge in [-0.05, 0) is 42.1 Å². The third kappa shape index (κ3) is 4.20. The predicted octanol–water partition coefficient (Wildman–Crippen LogP) is 2.93. The van der Waals surface area contributed by atoms with Gasteiger partial charge in [-0.1, -0.05) is 42.5 Å². The molecule has 1 aliphatic rings. The van der Waals surface area contributed by atoms with Gasteiger partial charge in [0.25, 0.3) is 0 Å². The van der Waals surface area contributed by atoms with Gasteiger partial charge in [-0.2, -0.15) is 0 Å². The number of carbonyl (C=O) groups is 1. The molecular weight excluding hydrogens is 303 g/mol. The van der Waals surface area contributed by atoms with Crippen LogP contribution in [0.1, 0.15) is 23.1 Å². The minimum Gasteiger partial charge on any atom is -0.338 e. The highest BCUT2D eigenvalue weighted by Gasteiger charge is 2.19. The zero-order valence-corrected chi connectivity index (χ0v) is 13.8. The van der Waals surface area contributed by atoms with Gasteiger partial charge in [0.1, 0.15) is 5.82 Å². The summed E-state index contributed by atoms with van der Waals surface area (Å²) in [6.07, 6.45) is 2.06. The maximum atomic E-state index is 13.5. The Morgan fingerprint density at radius 2 is 1.79 bits per heavy atom. The maximum Gasteiger partial charge on any atom is 0.224 e. The van der Waals surface area contributed by atoms with Crippen molar-refractivity contribution in [3.63, 3.8) is 0 Å². The number of hydrogen-bond donors (Lipinski definition) is 1. The largest absolute Gasteiger partial charge is 0.338 e. The molecule has 0 saturated carbocycles. The normalized spacial score (nSPS) is 13.6. The quantitative estimate of drug-likeness (QED) is 0.828. The van der Waals surface area contributed by atoms with Crippen molar-refractivity contribution in [1.82, 2.24) is 10.2 Å². The summed E-state index contributed by atoms with van der Waals surface area (Å²) in [7, 11) is 0. The Morgan fingerprint density at radius 3 is 2.62 bits per heavy atom. The lowest BCUT2D eigenvalue weighted by atomic mass is 10.00. The highest BCUT2D eigenvalue weighted by atomic mass is 19.1. The Morgan fingerprint density at radius 1 is 1.04 bits per heavy atom. The molecule has 0 unspecified atom stereocenters. The van der Waals surface area contributed by atoms with Gasteiger partial charge < -0.3 is 10.2 Å². The SMILES string of the molecule is O=C(CCNCCc1ccccc1F)N1CCc2ccccc2C1. The van der Waals surface area contributed by atoms with E-state index in [9.17, 15) is 9.18 Å². The zero-order valence-electron chi connectivity index (χ0n) is 13.8. The van der Waals surface area contributed by atoms with E-state index < -0.39 is 0 Å². The lowest BCUT2D eigenvalue weighted by molar-refractivity contribution is -0.132. The van der Waals surface area contributed by atoms with Crippen molar-refractivity contribution >= 4 is 5.91 Å². The molecule has 1 heterocycles. The second-order valence-corrected chi connectivity index (χ2v) is 6.18. The lowest BCUT2D eigenvalue weighted by Crippen LogP contribution is -2.37. The Hall–Kier alpha value is -2.20. The first-order chi connectivity index (χ1) is 11.7. The summed E-state index contributed by atoms with van der Waals surface area (Å²) in [5.74, 6) is 0.0188. The molecule has 0 aromatic heterocycles. The van der Waals surface area contributed by atoms with E-state index in [2.05, 4.69) is 23.5 Å². The fourth-order valence-electron chi connectivity index (χ4n) is 3.11. The monoisotopic (exact) mass is 326 g/mol. The molecule has 0 spiro atoms. The first kappa shape index (κ1) is 16.7. The topological polar surface area (TPSA) is 32.3 Å². The fourth-order valence-corrected chi connectivity index (χ4v) is 3.11. The summed E-state index contributed by atoms with van der Waals surface area (Å²) in [6, 6.07) is 15.1. The molecule has 0 saturated heterocycles. The average molecular weight is 326 g/mol. The lowest BCUT2D eigenvalue weighted by Gasteiger charge is -2.29. The molecule has 0 aliphatic carbocycles. The van der Waals surface area contributed by atoms with Crippen molar-refractivity contribution in [3.8, 4) is 0 Å². The van der Waals surface area contributed by atoms with Crippen LogP contribution < -0.4 is 5.32 Å². The van der Waals surface area contributed by atoms with Crippen LogP contribution in [0.15, 0.2) is 48.5 Å². The van der Waals surface area contributed by atoms with Crippen molar-refractivity contribution in [2.75, 3.05) is 19.6 Å². The number of nitrogens with zero attached hydrogens (tertiary/aromatic N) is 1. The number of fused-ring (bicyclic) bond motifs is 1. The van der Waals surface area contributed by atoms with Gasteiger partial charge in [-0.25, -0.2) is 4.39 Å². The van der Waals surface area contributed by atoms with Gasteiger partial charge in [-0.3, -0.25) is 4.79 Å². The van der Waals surface area contributed by atoms with Gasteiger partial charge >= 0.3 is 0 Å². The number of benzene rings is 2. The number of halogens is 1. The van der Waals surface area contributed by atoms with Crippen LogP contribution >= 0.6 is 0 Å². The molecular formula is C20H23FN2O. The van der Waals surface area contributed by atoms with Crippen LogP contribution in [0.3, 0.4) is 0 Å². The molecule has 24 heavy (non-hydrogen) atoms. The molecule has 1 aliphatic heterocycles. The van der Waals surface area contributed by atoms with Crippen molar-refractivity contribution in [2.24, 2.45) is 0 Å². The number of hydrogen-bond acceptors (Lipinski definition) is 2. The summed E-state index contributed by atoms with van der Waals surface area (Å²) in [4.78, 5) is 14.3. The van der Waals surface area contributed by atoms with Crippen LogP contribution in [0.2, 0.25) is 0 Å². The summed E-state index contributed by atoms with van der Waals surface area (Å²) < 4.78 is 13.5. The molecule has 0 bridgehead atoms. The minimum atomic E-state index is -0.164. The van der Waals surface area contributed by atoms with Crippen LogP contribution in [-0.4, -0.2) is 30.4 Å². The van der Waals surface area contributed by atoms with Crippen molar-refractivity contribution in [3.05, 3.63) is 71.0 Å². The van der Waals surface area contributed by atoms with E-state index in [4.69, 9.17) is 0 Å². The van der Waals surface area contributed by atoms with E-state index in [0.717, 1.165) is 13.0 Å². The fraction of sp³-hybridized carbons (Fsp3) is 0.350. The molecule has 0 fully saturated rings. The Balaban J connectivity index is 1.38. The third-order valence-corrected chi connectivity index (χ3v) is 4.53. The van der Waals surface area contributed by atoms with E-state index in [1.807, 2.05) is 17.0 Å². The molecule has 0 atom stereocenters. The smallest absolute Gasteiger partial charge is 0.224 e. The van der Waals surface area contributed by atoms with Crippen LogP contribution in [0.5, 0.6) is 0 Å². The first-order valence-corrected chi connectivity index (χ1v) is 8.53. The second kappa shape index (κ2) is 8.06. The summed E-state index contributed by atoms with van der Waals surface area (Å²) >= 11 is 0. The molecule has 2 aromatic rings. The molecule has 4 heteroatoms. The zero-order chi connectivity index (χ0) is 16.8. The van der Waals surface area contributed by atoms with E-state index >= 15 is 0 Å². The van der Waals surface area contributed by atoms with E-state index in [1.165, 1.54) is 17.2 Å². The van der Waals surface area contributed by atoms with E-state index in [1.54, 1.807) is 12.1 Å². The Bertz CT molecular complexity index is 702. The van der Waals surface area contributed by atoms with Crippen LogP contribution in [0, 0.1) is 5.82 Å². The predicted molar refractivity (Wildman–Crippen MR) is 93.2 cm³/mol. The Labute approximate surface area is 142 Å². The van der Waals surface area contributed by atoms with Crippen molar-refractivity contribution < 1.29 is 9.18 Å². The van der Waals surface area contributed by atoms with Crippen LogP contribution in [0.25, 0.3) is 0 Å². The van der Waals surface area contributed by atoms with Crippen LogP contribution in [-0.2, 0) is 24.2 Å². The molecule has 3 rings (SSSR count). The average Bonchev–Trinajstić information content (AvgIpc) is 2.62. The van der Waals surface area contributed by atoms with E-state index in [0.29, 0.717) is 38.0 Å². The summed E-state index contributed by atoms with van der Waals surface area (Å²) in [6.45, 7) is 2.82. The van der Waals surface area contributed by atoms with Crippen molar-refractivity contribution in [1.29, 1.82) is 0 Å². The molecule has 126 valence electrons. The molecule has 2 aromatic carbocycles. The van der Waals surface area contributed by atoms with E-state index in [-0.39, 0.29) is 11.7 Å². The number of amides is 1. The van der Waals surface area contributed by atoms with Gasteiger partial charge in [0.2, 0.25) is 5.91 Å². The summed E-state index contributed by atoms with van der Waals surface area (Å²) in [5.41, 5.74) is 3.32. The van der Waals surface area contributed by atoms with Gasteiger partial charge in [-0.15, -0.1) is 0 Å². The number of rotatable bonds is 6. The number of carbonyl (C=O) groups excluding carboxylic acids is 1. The molecule has 3 nitrogen and oxygen atoms in total. The van der Waals surface area contributed by atoms with Gasteiger partial charge in [0.05, 0.1) is 0 Å². The highest BCUT2D eigenvalue weighted by molar-refractivity contribution is 5.76. The molecule has 0 radical (unpaired) electrons. The van der Waals surface area contributed by atoms with Gasteiger partial charge in [0, 0.05) is 26.1 Å². The highest BCUT2D eigenvalue weighted by Crippen LogP contribution is 2.18. The van der Waals surface area contributed by atoms with Gasteiger partial charge in [0.15, 0.2) is 0 Å². The Kier molecular flexibility index (Phi) is 5.59. The minimum absolute atomic E-state index is 0.164. The number of nitrogens with one attached hydrogen (secondary N) is 1. The molecule has 1 N–H and O–H groups in total. The van der Waals surface area contributed by atoms with Crippen LogP contribution in [0.4, 0.5) is 4.39 Å². The first-order valence-electron chi connectivity index (χ1n) is 8.53. The molecule has 1 amide bonds. The van der Waals surface area contributed by atoms with Crippen molar-refractivity contribution in [2.45, 2.75) is 25.8 Å². The second-order valence-electron chi connectivity index (χ2n) is 6.18. The third-order valence-electron chi connectivity index (χ3n) is 4.53. The maximum absolute atomic E-state index is 13.5. The standard InChI is InChI=1S/C20H23FN2O/c21-19-8-4-3-6-17(19)9-12-22-13-10-20(24)23-14-11-16-5-1-2-7-18(16)15-23/h1-8,22H,9-15H2.